The predicted molar refractivity (Wildman–Crippen MR) is 74.0 cm³/mol. The van der Waals surface area contributed by atoms with E-state index in [0.717, 1.165) is 25.7 Å². The molecule has 0 unspecified atom stereocenters. The standard InChI is InChI=1S/C13H20N2O3S/c14-11-5-1-2-6-12(11)19(17,18)15-9-13(10-16)7-3-4-8-13/h1-2,5-6,15-16H,3-4,7-10,14H2. The Morgan fingerprint density at radius 2 is 1.89 bits per heavy atom. The van der Waals surface area contributed by atoms with Crippen molar-refractivity contribution in [3.8, 4) is 0 Å². The summed E-state index contributed by atoms with van der Waals surface area (Å²) < 4.78 is 27.0. The van der Waals surface area contributed by atoms with E-state index < -0.39 is 10.0 Å². The summed E-state index contributed by atoms with van der Waals surface area (Å²) in [5.74, 6) is 0. The van der Waals surface area contributed by atoms with Gasteiger partial charge in [-0.1, -0.05) is 25.0 Å². The van der Waals surface area contributed by atoms with Gasteiger partial charge in [0, 0.05) is 18.6 Å². The van der Waals surface area contributed by atoms with Crippen molar-refractivity contribution in [2.24, 2.45) is 5.41 Å². The fourth-order valence-electron chi connectivity index (χ4n) is 2.57. The van der Waals surface area contributed by atoms with Crippen LogP contribution in [0.15, 0.2) is 29.2 Å². The molecule has 1 aromatic rings. The van der Waals surface area contributed by atoms with Crippen molar-refractivity contribution < 1.29 is 13.5 Å². The molecule has 2 rings (SSSR count). The Kier molecular flexibility index (Phi) is 4.13. The lowest BCUT2D eigenvalue weighted by Crippen LogP contribution is -2.38. The SMILES string of the molecule is Nc1ccccc1S(=O)(=O)NCC1(CO)CCCC1. The lowest BCUT2D eigenvalue weighted by atomic mass is 9.88. The van der Waals surface area contributed by atoms with Crippen LogP contribution in [0, 0.1) is 5.41 Å². The van der Waals surface area contributed by atoms with Gasteiger partial charge in [0.2, 0.25) is 10.0 Å². The number of sulfonamides is 1. The minimum Gasteiger partial charge on any atom is -0.398 e. The predicted octanol–water partition coefficient (Wildman–Crippen LogP) is 1.10. The largest absolute Gasteiger partial charge is 0.398 e. The first kappa shape index (κ1) is 14.3. The van der Waals surface area contributed by atoms with Crippen LogP contribution in [0.25, 0.3) is 0 Å². The highest BCUT2D eigenvalue weighted by molar-refractivity contribution is 7.89. The Balaban J connectivity index is 2.12. The number of hydrogen-bond donors (Lipinski definition) is 3. The van der Waals surface area contributed by atoms with E-state index in [-0.39, 0.29) is 29.1 Å². The summed E-state index contributed by atoms with van der Waals surface area (Å²) in [5.41, 5.74) is 5.61. The van der Waals surface area contributed by atoms with Crippen LogP contribution in [0.2, 0.25) is 0 Å². The number of nitrogen functional groups attached to an aromatic ring is 1. The molecule has 0 saturated heterocycles. The zero-order valence-corrected chi connectivity index (χ0v) is 11.6. The Hall–Kier alpha value is -1.11. The van der Waals surface area contributed by atoms with E-state index in [1.54, 1.807) is 18.2 Å². The smallest absolute Gasteiger partial charge is 0.242 e. The molecule has 1 fully saturated rings. The van der Waals surface area contributed by atoms with E-state index in [1.807, 2.05) is 0 Å². The Morgan fingerprint density at radius 3 is 2.47 bits per heavy atom. The molecule has 0 atom stereocenters. The molecule has 0 amide bonds. The molecule has 0 aliphatic heterocycles. The minimum absolute atomic E-state index is 0.0137. The van der Waals surface area contributed by atoms with Crippen LogP contribution in [0.3, 0.4) is 0 Å². The molecule has 0 spiro atoms. The number of aliphatic hydroxyl groups excluding tert-OH is 1. The Bertz CT molecular complexity index is 537. The summed E-state index contributed by atoms with van der Waals surface area (Å²) in [4.78, 5) is 0.0982. The van der Waals surface area contributed by atoms with Crippen molar-refractivity contribution in [1.82, 2.24) is 4.72 Å². The topological polar surface area (TPSA) is 92.4 Å². The Morgan fingerprint density at radius 1 is 1.26 bits per heavy atom. The van der Waals surface area contributed by atoms with Gasteiger partial charge in [-0.05, 0) is 25.0 Å². The van der Waals surface area contributed by atoms with E-state index >= 15 is 0 Å². The molecule has 1 aliphatic carbocycles. The highest BCUT2D eigenvalue weighted by atomic mass is 32.2. The molecule has 5 nitrogen and oxygen atoms in total. The summed E-state index contributed by atoms with van der Waals surface area (Å²) in [6.45, 7) is 0.278. The van der Waals surface area contributed by atoms with Crippen molar-refractivity contribution in [2.75, 3.05) is 18.9 Å². The number of para-hydroxylation sites is 1. The number of aliphatic hydroxyl groups is 1. The van der Waals surface area contributed by atoms with Gasteiger partial charge in [-0.2, -0.15) is 0 Å². The van der Waals surface area contributed by atoms with Gasteiger partial charge in [-0.25, -0.2) is 13.1 Å². The summed E-state index contributed by atoms with van der Waals surface area (Å²) in [6, 6.07) is 6.38. The maximum Gasteiger partial charge on any atom is 0.242 e. The number of benzene rings is 1. The molecule has 0 bridgehead atoms. The third-order valence-corrected chi connectivity index (χ3v) is 5.32. The average molecular weight is 284 g/mol. The number of nitrogens with two attached hydrogens (primary N) is 1. The molecule has 106 valence electrons. The maximum absolute atomic E-state index is 12.2. The van der Waals surface area contributed by atoms with E-state index in [2.05, 4.69) is 4.72 Å². The zero-order chi connectivity index (χ0) is 13.9. The first-order valence-electron chi connectivity index (χ1n) is 6.44. The monoisotopic (exact) mass is 284 g/mol. The van der Waals surface area contributed by atoms with E-state index in [1.165, 1.54) is 6.07 Å². The second-order valence-electron chi connectivity index (χ2n) is 5.23. The van der Waals surface area contributed by atoms with Gasteiger partial charge in [0.25, 0.3) is 0 Å². The number of rotatable bonds is 5. The van der Waals surface area contributed by atoms with Crippen LogP contribution in [0.4, 0.5) is 5.69 Å². The van der Waals surface area contributed by atoms with Gasteiger partial charge in [0.15, 0.2) is 0 Å². The van der Waals surface area contributed by atoms with Gasteiger partial charge in [-0.3, -0.25) is 0 Å². The van der Waals surface area contributed by atoms with Crippen molar-refractivity contribution in [3.63, 3.8) is 0 Å². The lowest BCUT2D eigenvalue weighted by Gasteiger charge is -2.26. The quantitative estimate of drug-likeness (QED) is 0.706. The summed E-state index contributed by atoms with van der Waals surface area (Å²) in [5, 5.41) is 9.48. The fourth-order valence-corrected chi connectivity index (χ4v) is 3.85. The molecule has 1 aliphatic rings. The first-order valence-corrected chi connectivity index (χ1v) is 7.92. The van der Waals surface area contributed by atoms with E-state index in [4.69, 9.17) is 5.73 Å². The van der Waals surface area contributed by atoms with Gasteiger partial charge in [0.1, 0.15) is 4.90 Å². The van der Waals surface area contributed by atoms with Crippen molar-refractivity contribution in [3.05, 3.63) is 24.3 Å². The van der Waals surface area contributed by atoms with E-state index in [0.29, 0.717) is 0 Å². The Labute approximate surface area is 113 Å². The summed E-state index contributed by atoms with van der Waals surface area (Å²) in [7, 11) is -3.61. The zero-order valence-electron chi connectivity index (χ0n) is 10.8. The van der Waals surface area contributed by atoms with E-state index in [9.17, 15) is 13.5 Å². The maximum atomic E-state index is 12.2. The van der Waals surface area contributed by atoms with Crippen molar-refractivity contribution >= 4 is 15.7 Å². The first-order chi connectivity index (χ1) is 8.99. The van der Waals surface area contributed by atoms with Crippen molar-refractivity contribution in [1.29, 1.82) is 0 Å². The summed E-state index contributed by atoms with van der Waals surface area (Å²) >= 11 is 0. The highest BCUT2D eigenvalue weighted by Gasteiger charge is 2.34. The fraction of sp³-hybridized carbons (Fsp3) is 0.538. The molecule has 6 heteroatoms. The normalized spacial score (nSPS) is 18.6. The molecule has 0 aromatic heterocycles. The van der Waals surface area contributed by atoms with Gasteiger partial charge < -0.3 is 10.8 Å². The third-order valence-electron chi connectivity index (χ3n) is 3.85. The van der Waals surface area contributed by atoms with Crippen molar-refractivity contribution in [2.45, 2.75) is 30.6 Å². The molecule has 1 aromatic carbocycles. The molecule has 1 saturated carbocycles. The average Bonchev–Trinajstić information content (AvgIpc) is 2.86. The lowest BCUT2D eigenvalue weighted by molar-refractivity contribution is 0.134. The minimum atomic E-state index is -3.61. The summed E-state index contributed by atoms with van der Waals surface area (Å²) in [6.07, 6.45) is 3.79. The number of nitrogens with one attached hydrogen (secondary N) is 1. The van der Waals surface area contributed by atoms with Crippen LogP contribution in [-0.4, -0.2) is 26.7 Å². The van der Waals surface area contributed by atoms with Gasteiger partial charge >= 0.3 is 0 Å². The van der Waals surface area contributed by atoms with Crippen LogP contribution in [0.1, 0.15) is 25.7 Å². The van der Waals surface area contributed by atoms with Crippen LogP contribution < -0.4 is 10.5 Å². The van der Waals surface area contributed by atoms with Crippen LogP contribution in [-0.2, 0) is 10.0 Å². The molecule has 19 heavy (non-hydrogen) atoms. The van der Waals surface area contributed by atoms with Crippen LogP contribution in [0.5, 0.6) is 0 Å². The second-order valence-corrected chi connectivity index (χ2v) is 6.96. The number of hydrogen-bond acceptors (Lipinski definition) is 4. The molecule has 0 radical (unpaired) electrons. The molecule has 0 heterocycles. The number of anilines is 1. The molecular weight excluding hydrogens is 264 g/mol. The molecular formula is C13H20N2O3S. The second kappa shape index (κ2) is 5.48. The van der Waals surface area contributed by atoms with Gasteiger partial charge in [-0.15, -0.1) is 0 Å². The highest BCUT2D eigenvalue weighted by Crippen LogP contribution is 2.37. The molecule has 4 N–H and O–H groups in total. The third kappa shape index (κ3) is 3.08. The van der Waals surface area contributed by atoms with Gasteiger partial charge in [0.05, 0.1) is 5.69 Å². The van der Waals surface area contributed by atoms with Crippen LogP contribution >= 0.6 is 0 Å².